The van der Waals surface area contributed by atoms with Crippen molar-refractivity contribution in [1.29, 1.82) is 0 Å². The molecule has 2 aliphatic rings. The fourth-order valence-electron chi connectivity index (χ4n) is 3.69. The molecule has 2 aromatic rings. The molecular formula is C22H21NO5S2. The zero-order valence-electron chi connectivity index (χ0n) is 16.5. The van der Waals surface area contributed by atoms with Gasteiger partial charge in [-0.3, -0.25) is 9.69 Å². The second kappa shape index (κ2) is 9.06. The number of amides is 1. The van der Waals surface area contributed by atoms with Gasteiger partial charge >= 0.3 is 5.97 Å². The molecule has 4 rings (SSSR count). The van der Waals surface area contributed by atoms with Crippen molar-refractivity contribution in [1.82, 2.24) is 4.90 Å². The van der Waals surface area contributed by atoms with Crippen molar-refractivity contribution in [3.63, 3.8) is 0 Å². The maximum atomic E-state index is 13.0. The normalized spacial score (nSPS) is 18.8. The first-order valence-corrected chi connectivity index (χ1v) is 11.0. The molecule has 1 aromatic carbocycles. The number of esters is 1. The number of nitrogens with zero attached hydrogens (tertiary/aromatic N) is 1. The third-order valence-electron chi connectivity index (χ3n) is 5.17. The van der Waals surface area contributed by atoms with Crippen LogP contribution in [0, 0.1) is 0 Å². The van der Waals surface area contributed by atoms with E-state index in [2.05, 4.69) is 0 Å². The van der Waals surface area contributed by atoms with Crippen LogP contribution in [0.1, 0.15) is 48.2 Å². The van der Waals surface area contributed by atoms with Crippen molar-refractivity contribution in [2.24, 2.45) is 0 Å². The molecule has 1 aliphatic carbocycles. The number of ether oxygens (including phenoxy) is 2. The minimum atomic E-state index is -0.612. The smallest absolute Gasteiger partial charge is 0.379 e. The standard InChI is InChI=1S/C22H21NO5S2/c1-26-18-12-14(9-10-16(18)28-21(25)17-8-5-11-27-17)13-19-20(24)23(22(29)30-19)15-6-3-2-4-7-15/h5,8-13,15H,2-4,6-7H2,1H3/b19-13-. The van der Waals surface area contributed by atoms with Crippen molar-refractivity contribution in [2.75, 3.05) is 7.11 Å². The van der Waals surface area contributed by atoms with Crippen LogP contribution < -0.4 is 9.47 Å². The topological polar surface area (TPSA) is 69.0 Å². The van der Waals surface area contributed by atoms with Gasteiger partial charge in [0.15, 0.2) is 11.5 Å². The van der Waals surface area contributed by atoms with Crippen LogP contribution in [0.4, 0.5) is 0 Å². The highest BCUT2D eigenvalue weighted by atomic mass is 32.2. The summed E-state index contributed by atoms with van der Waals surface area (Å²) in [6.45, 7) is 0. The summed E-state index contributed by atoms with van der Waals surface area (Å²) in [5.74, 6) is 0.105. The SMILES string of the molecule is COc1cc(/C=C2\SC(=S)N(C3CCCCC3)C2=O)ccc1OC(=O)c1ccco1. The lowest BCUT2D eigenvalue weighted by Crippen LogP contribution is -2.39. The zero-order valence-corrected chi connectivity index (χ0v) is 18.1. The summed E-state index contributed by atoms with van der Waals surface area (Å²) in [4.78, 5) is 27.4. The maximum Gasteiger partial charge on any atom is 0.379 e. The van der Waals surface area contributed by atoms with Crippen molar-refractivity contribution in [3.8, 4) is 11.5 Å². The Bertz CT molecular complexity index is 993. The van der Waals surface area contributed by atoms with E-state index >= 15 is 0 Å². The second-order valence-corrected chi connectivity index (χ2v) is 8.80. The van der Waals surface area contributed by atoms with E-state index in [4.69, 9.17) is 26.1 Å². The van der Waals surface area contributed by atoms with Crippen LogP contribution in [0.2, 0.25) is 0 Å². The molecule has 0 atom stereocenters. The van der Waals surface area contributed by atoms with Gasteiger partial charge in [-0.25, -0.2) is 4.79 Å². The Hall–Kier alpha value is -2.58. The molecule has 6 nitrogen and oxygen atoms in total. The highest BCUT2D eigenvalue weighted by Gasteiger charge is 2.37. The predicted molar refractivity (Wildman–Crippen MR) is 119 cm³/mol. The number of carbonyl (C=O) groups is 2. The van der Waals surface area contributed by atoms with Crippen molar-refractivity contribution in [3.05, 3.63) is 52.8 Å². The Labute approximate surface area is 184 Å². The molecule has 1 saturated carbocycles. The number of thioether (sulfide) groups is 1. The Morgan fingerprint density at radius 3 is 2.73 bits per heavy atom. The van der Waals surface area contributed by atoms with Gasteiger partial charge in [-0.15, -0.1) is 0 Å². The van der Waals surface area contributed by atoms with E-state index < -0.39 is 5.97 Å². The minimum Gasteiger partial charge on any atom is -0.493 e. The van der Waals surface area contributed by atoms with Crippen LogP contribution in [-0.2, 0) is 4.79 Å². The van der Waals surface area contributed by atoms with E-state index in [1.807, 2.05) is 0 Å². The quantitative estimate of drug-likeness (QED) is 0.277. The first kappa shape index (κ1) is 20.7. The lowest BCUT2D eigenvalue weighted by atomic mass is 9.94. The number of hydrogen-bond donors (Lipinski definition) is 0. The lowest BCUT2D eigenvalue weighted by molar-refractivity contribution is -0.124. The zero-order chi connectivity index (χ0) is 21.1. The molecule has 1 aliphatic heterocycles. The molecule has 8 heteroatoms. The summed E-state index contributed by atoms with van der Waals surface area (Å²) in [5, 5.41) is 0. The molecule has 156 valence electrons. The molecule has 0 radical (unpaired) electrons. The van der Waals surface area contributed by atoms with E-state index in [9.17, 15) is 9.59 Å². The number of benzene rings is 1. The van der Waals surface area contributed by atoms with Gasteiger partial charge in [0, 0.05) is 6.04 Å². The molecule has 2 fully saturated rings. The highest BCUT2D eigenvalue weighted by molar-refractivity contribution is 8.26. The summed E-state index contributed by atoms with van der Waals surface area (Å²) in [5.41, 5.74) is 0.758. The van der Waals surface area contributed by atoms with Crippen LogP contribution in [0.25, 0.3) is 6.08 Å². The second-order valence-electron chi connectivity index (χ2n) is 7.12. The maximum absolute atomic E-state index is 13.0. The lowest BCUT2D eigenvalue weighted by Gasteiger charge is -2.29. The van der Waals surface area contributed by atoms with Gasteiger partial charge in [0.25, 0.3) is 5.91 Å². The Morgan fingerprint density at radius 2 is 2.03 bits per heavy atom. The van der Waals surface area contributed by atoms with Gasteiger partial charge in [-0.2, -0.15) is 0 Å². The number of carbonyl (C=O) groups excluding carboxylic acids is 2. The molecule has 0 unspecified atom stereocenters. The molecule has 1 amide bonds. The van der Waals surface area contributed by atoms with E-state index in [0.717, 1.165) is 31.2 Å². The van der Waals surface area contributed by atoms with Gasteiger partial charge in [0.05, 0.1) is 18.3 Å². The molecule has 1 aromatic heterocycles. The van der Waals surface area contributed by atoms with E-state index in [-0.39, 0.29) is 23.5 Å². The molecule has 1 saturated heterocycles. The molecule has 0 N–H and O–H groups in total. The molecule has 2 heterocycles. The summed E-state index contributed by atoms with van der Waals surface area (Å²) in [6.07, 6.45) is 8.69. The monoisotopic (exact) mass is 443 g/mol. The first-order chi connectivity index (χ1) is 14.6. The highest BCUT2D eigenvalue weighted by Crippen LogP contribution is 2.38. The van der Waals surface area contributed by atoms with Crippen LogP contribution >= 0.6 is 24.0 Å². The van der Waals surface area contributed by atoms with E-state index in [1.54, 1.807) is 35.2 Å². The minimum absolute atomic E-state index is 0.0378. The third-order valence-corrected chi connectivity index (χ3v) is 6.50. The van der Waals surface area contributed by atoms with Crippen molar-refractivity contribution in [2.45, 2.75) is 38.1 Å². The first-order valence-electron chi connectivity index (χ1n) is 9.77. The number of hydrogen-bond acceptors (Lipinski definition) is 7. The van der Waals surface area contributed by atoms with Gasteiger partial charge in [0.2, 0.25) is 5.76 Å². The van der Waals surface area contributed by atoms with Crippen molar-refractivity contribution >= 4 is 46.3 Å². The van der Waals surface area contributed by atoms with Crippen LogP contribution in [0.5, 0.6) is 11.5 Å². The van der Waals surface area contributed by atoms with Gasteiger partial charge in [-0.05, 0) is 48.7 Å². The average Bonchev–Trinajstić information content (AvgIpc) is 3.38. The van der Waals surface area contributed by atoms with Crippen LogP contribution in [0.15, 0.2) is 45.9 Å². The largest absolute Gasteiger partial charge is 0.493 e. The summed E-state index contributed by atoms with van der Waals surface area (Å²) in [7, 11) is 1.49. The Balaban J connectivity index is 1.52. The van der Waals surface area contributed by atoms with Crippen LogP contribution in [-0.4, -0.2) is 34.2 Å². The summed E-state index contributed by atoms with van der Waals surface area (Å²) in [6, 6.07) is 8.46. The number of furan rings is 1. The molecule has 0 spiro atoms. The number of methoxy groups -OCH3 is 1. The summed E-state index contributed by atoms with van der Waals surface area (Å²) < 4.78 is 16.4. The van der Waals surface area contributed by atoms with Gasteiger partial charge in [0.1, 0.15) is 4.32 Å². The Morgan fingerprint density at radius 1 is 1.23 bits per heavy atom. The number of rotatable bonds is 5. The summed E-state index contributed by atoms with van der Waals surface area (Å²) >= 11 is 6.81. The fourth-order valence-corrected chi connectivity index (χ4v) is 5.09. The fraction of sp³-hybridized carbons (Fsp3) is 0.318. The van der Waals surface area contributed by atoms with Crippen LogP contribution in [0.3, 0.4) is 0 Å². The van der Waals surface area contributed by atoms with E-state index in [0.29, 0.717) is 15.0 Å². The van der Waals surface area contributed by atoms with Gasteiger partial charge in [-0.1, -0.05) is 49.3 Å². The Kier molecular flexibility index (Phi) is 6.24. The van der Waals surface area contributed by atoms with E-state index in [1.165, 1.54) is 37.6 Å². The average molecular weight is 444 g/mol. The molecule has 0 bridgehead atoms. The molecule has 30 heavy (non-hydrogen) atoms. The number of thiocarbonyl (C=S) groups is 1. The molecular weight excluding hydrogens is 422 g/mol. The van der Waals surface area contributed by atoms with Crippen molar-refractivity contribution < 1.29 is 23.5 Å². The third kappa shape index (κ3) is 4.29. The predicted octanol–water partition coefficient (Wildman–Crippen LogP) is 5.04. The van der Waals surface area contributed by atoms with Gasteiger partial charge < -0.3 is 13.9 Å².